The van der Waals surface area contributed by atoms with E-state index in [-0.39, 0.29) is 0 Å². The fraction of sp³-hybridized carbons (Fsp3) is 0.571. The highest BCUT2D eigenvalue weighted by Crippen LogP contribution is 2.34. The Labute approximate surface area is 98.2 Å². The summed E-state index contributed by atoms with van der Waals surface area (Å²) in [6.07, 6.45) is 5.33. The third-order valence-corrected chi connectivity index (χ3v) is 3.64. The van der Waals surface area contributed by atoms with Crippen LogP contribution in [-0.4, -0.2) is 0 Å². The molecule has 0 radical (unpaired) electrons. The summed E-state index contributed by atoms with van der Waals surface area (Å²) in [5.41, 5.74) is 6.96. The molecule has 1 unspecified atom stereocenters. The summed E-state index contributed by atoms with van der Waals surface area (Å²) < 4.78 is 0. The number of nitrogens with two attached hydrogens (primary N) is 1. The molecule has 1 aromatic rings. The first kappa shape index (κ1) is 11.6. The predicted molar refractivity (Wildman–Crippen MR) is 67.9 cm³/mol. The van der Waals surface area contributed by atoms with Crippen molar-refractivity contribution in [1.82, 2.24) is 5.43 Å². The number of hydrogen-bond donors (Lipinski definition) is 2. The largest absolute Gasteiger partial charge is 0.271 e. The van der Waals surface area contributed by atoms with Crippen molar-refractivity contribution in [2.24, 2.45) is 11.8 Å². The van der Waals surface area contributed by atoms with Crippen LogP contribution in [0, 0.1) is 19.8 Å². The van der Waals surface area contributed by atoms with E-state index in [9.17, 15) is 0 Å². The van der Waals surface area contributed by atoms with E-state index in [1.54, 1.807) is 0 Å². The predicted octanol–water partition coefficient (Wildman–Crippen LogP) is 3.00. The van der Waals surface area contributed by atoms with Gasteiger partial charge in [-0.3, -0.25) is 11.3 Å². The zero-order valence-corrected chi connectivity index (χ0v) is 10.3. The zero-order valence-electron chi connectivity index (χ0n) is 10.3. The molecule has 0 saturated heterocycles. The first-order valence-corrected chi connectivity index (χ1v) is 6.23. The third kappa shape index (κ3) is 2.63. The summed E-state index contributed by atoms with van der Waals surface area (Å²) in [7, 11) is 0. The molecule has 2 heteroatoms. The molecule has 1 atom stereocenters. The van der Waals surface area contributed by atoms with Crippen LogP contribution in [0.15, 0.2) is 18.2 Å². The monoisotopic (exact) mass is 218 g/mol. The second kappa shape index (κ2) is 4.98. The molecule has 1 fully saturated rings. The molecule has 2 rings (SSSR count). The molecule has 0 aliphatic heterocycles. The molecule has 16 heavy (non-hydrogen) atoms. The van der Waals surface area contributed by atoms with Gasteiger partial charge in [0.25, 0.3) is 0 Å². The fourth-order valence-corrected chi connectivity index (χ4v) is 2.57. The van der Waals surface area contributed by atoms with Crippen LogP contribution in [0.2, 0.25) is 0 Å². The maximum atomic E-state index is 5.68. The lowest BCUT2D eigenvalue weighted by Crippen LogP contribution is -2.31. The molecular weight excluding hydrogens is 196 g/mol. The van der Waals surface area contributed by atoms with Gasteiger partial charge >= 0.3 is 0 Å². The van der Waals surface area contributed by atoms with Crippen LogP contribution in [-0.2, 0) is 0 Å². The van der Waals surface area contributed by atoms with E-state index in [0.717, 1.165) is 5.92 Å². The van der Waals surface area contributed by atoms with E-state index in [1.165, 1.54) is 42.4 Å². The number of benzene rings is 1. The van der Waals surface area contributed by atoms with Crippen LogP contribution >= 0.6 is 0 Å². The maximum Gasteiger partial charge on any atom is 0.0462 e. The molecule has 88 valence electrons. The molecule has 0 heterocycles. The molecule has 1 aromatic carbocycles. The van der Waals surface area contributed by atoms with Crippen LogP contribution in [0.1, 0.15) is 48.4 Å². The standard InChI is InChI=1S/C14H22N2/c1-10-6-11(2)8-13(7-10)14(16-15)9-12-4-3-5-12/h6-8,12,14,16H,3-5,9,15H2,1-2H3. The SMILES string of the molecule is Cc1cc(C)cc(C(CC2CCC2)NN)c1. The number of hydrazine groups is 1. The molecular formula is C14H22N2. The van der Waals surface area contributed by atoms with E-state index >= 15 is 0 Å². The van der Waals surface area contributed by atoms with Gasteiger partial charge in [0.15, 0.2) is 0 Å². The Morgan fingerprint density at radius 1 is 1.25 bits per heavy atom. The average Bonchev–Trinajstić information content (AvgIpc) is 2.14. The summed E-state index contributed by atoms with van der Waals surface area (Å²) in [6, 6.07) is 7.02. The smallest absolute Gasteiger partial charge is 0.0462 e. The van der Waals surface area contributed by atoms with E-state index < -0.39 is 0 Å². The molecule has 2 nitrogen and oxygen atoms in total. The van der Waals surface area contributed by atoms with Crippen molar-refractivity contribution in [1.29, 1.82) is 0 Å². The molecule has 1 aliphatic carbocycles. The lowest BCUT2D eigenvalue weighted by molar-refractivity contribution is 0.262. The van der Waals surface area contributed by atoms with Crippen molar-refractivity contribution >= 4 is 0 Å². The third-order valence-electron chi connectivity index (χ3n) is 3.64. The lowest BCUT2D eigenvalue weighted by atomic mass is 9.79. The maximum absolute atomic E-state index is 5.68. The second-order valence-corrected chi connectivity index (χ2v) is 5.17. The van der Waals surface area contributed by atoms with Gasteiger partial charge in [-0.2, -0.15) is 0 Å². The highest BCUT2D eigenvalue weighted by molar-refractivity contribution is 5.30. The normalized spacial score (nSPS) is 18.2. The molecule has 0 spiro atoms. The minimum atomic E-state index is 0.323. The van der Waals surface area contributed by atoms with Crippen LogP contribution in [0.4, 0.5) is 0 Å². The topological polar surface area (TPSA) is 38.0 Å². The zero-order chi connectivity index (χ0) is 11.5. The molecule has 1 aliphatic rings. The Morgan fingerprint density at radius 2 is 1.88 bits per heavy atom. The van der Waals surface area contributed by atoms with Crippen LogP contribution in [0.5, 0.6) is 0 Å². The molecule has 3 N–H and O–H groups in total. The van der Waals surface area contributed by atoms with Gasteiger partial charge in [0.1, 0.15) is 0 Å². The number of aryl methyl sites for hydroxylation is 2. The van der Waals surface area contributed by atoms with Crippen molar-refractivity contribution in [2.45, 2.75) is 45.6 Å². The van der Waals surface area contributed by atoms with E-state index in [2.05, 4.69) is 37.5 Å². The van der Waals surface area contributed by atoms with Gasteiger partial charge in [-0.15, -0.1) is 0 Å². The summed E-state index contributed by atoms with van der Waals surface area (Å²) >= 11 is 0. The van der Waals surface area contributed by atoms with Crippen molar-refractivity contribution in [2.75, 3.05) is 0 Å². The second-order valence-electron chi connectivity index (χ2n) is 5.17. The van der Waals surface area contributed by atoms with Crippen molar-refractivity contribution in [3.05, 3.63) is 34.9 Å². The molecule has 0 amide bonds. The Morgan fingerprint density at radius 3 is 2.31 bits per heavy atom. The summed E-state index contributed by atoms with van der Waals surface area (Å²) in [5.74, 6) is 6.56. The summed E-state index contributed by atoms with van der Waals surface area (Å²) in [5, 5.41) is 0. The summed E-state index contributed by atoms with van der Waals surface area (Å²) in [6.45, 7) is 4.29. The minimum Gasteiger partial charge on any atom is -0.271 e. The van der Waals surface area contributed by atoms with E-state index in [1.807, 2.05) is 0 Å². The highest BCUT2D eigenvalue weighted by atomic mass is 15.2. The van der Waals surface area contributed by atoms with Crippen LogP contribution < -0.4 is 11.3 Å². The number of nitrogens with one attached hydrogen (secondary N) is 1. The van der Waals surface area contributed by atoms with Gasteiger partial charge in [-0.05, 0) is 31.7 Å². The van der Waals surface area contributed by atoms with Crippen molar-refractivity contribution in [3.63, 3.8) is 0 Å². The Balaban J connectivity index is 2.11. The van der Waals surface area contributed by atoms with Gasteiger partial charge in [0.2, 0.25) is 0 Å². The Kier molecular flexibility index (Phi) is 3.62. The summed E-state index contributed by atoms with van der Waals surface area (Å²) in [4.78, 5) is 0. The van der Waals surface area contributed by atoms with Gasteiger partial charge in [0, 0.05) is 6.04 Å². The van der Waals surface area contributed by atoms with Crippen LogP contribution in [0.25, 0.3) is 0 Å². The average molecular weight is 218 g/mol. The molecule has 1 saturated carbocycles. The van der Waals surface area contributed by atoms with E-state index in [0.29, 0.717) is 6.04 Å². The van der Waals surface area contributed by atoms with Crippen LogP contribution in [0.3, 0.4) is 0 Å². The first-order valence-electron chi connectivity index (χ1n) is 6.23. The highest BCUT2D eigenvalue weighted by Gasteiger charge is 2.22. The number of rotatable bonds is 4. The van der Waals surface area contributed by atoms with Crippen molar-refractivity contribution < 1.29 is 0 Å². The quantitative estimate of drug-likeness (QED) is 0.602. The number of hydrogen-bond acceptors (Lipinski definition) is 2. The minimum absolute atomic E-state index is 0.323. The molecule has 0 bridgehead atoms. The van der Waals surface area contributed by atoms with E-state index in [4.69, 9.17) is 5.84 Å². The lowest BCUT2D eigenvalue weighted by Gasteiger charge is -2.29. The van der Waals surface area contributed by atoms with Gasteiger partial charge in [-0.25, -0.2) is 0 Å². The molecule has 0 aromatic heterocycles. The Hall–Kier alpha value is -0.860. The Bertz CT molecular complexity index is 336. The fourth-order valence-electron chi connectivity index (χ4n) is 2.57. The first-order chi connectivity index (χ1) is 7.69. The van der Waals surface area contributed by atoms with Crippen molar-refractivity contribution in [3.8, 4) is 0 Å². The van der Waals surface area contributed by atoms with Gasteiger partial charge in [0.05, 0.1) is 0 Å². The van der Waals surface area contributed by atoms with Gasteiger partial charge in [-0.1, -0.05) is 48.6 Å². The van der Waals surface area contributed by atoms with Gasteiger partial charge < -0.3 is 0 Å².